The lowest BCUT2D eigenvalue weighted by atomic mass is 9.87. The molecule has 0 atom stereocenters. The predicted molar refractivity (Wildman–Crippen MR) is 76.2 cm³/mol. The van der Waals surface area contributed by atoms with Crippen molar-refractivity contribution in [1.82, 2.24) is 4.90 Å². The highest BCUT2D eigenvalue weighted by molar-refractivity contribution is 4.92. The molecule has 0 amide bonds. The minimum atomic E-state index is 0.305. The van der Waals surface area contributed by atoms with Gasteiger partial charge in [0.25, 0.3) is 0 Å². The second-order valence-electron chi connectivity index (χ2n) is 5.91. The van der Waals surface area contributed by atoms with Crippen molar-refractivity contribution in [2.75, 3.05) is 20.1 Å². The maximum atomic E-state index is 6.13. The average molecular weight is 240 g/mol. The summed E-state index contributed by atoms with van der Waals surface area (Å²) < 4.78 is 0. The van der Waals surface area contributed by atoms with Crippen LogP contribution in [-0.2, 0) is 0 Å². The van der Waals surface area contributed by atoms with Gasteiger partial charge in [0.15, 0.2) is 0 Å². The first-order valence-corrected chi connectivity index (χ1v) is 7.59. The van der Waals surface area contributed by atoms with Crippen LogP contribution in [0.25, 0.3) is 0 Å². The Labute approximate surface area is 108 Å². The number of nitrogens with two attached hydrogens (primary N) is 1. The quantitative estimate of drug-likeness (QED) is 0.721. The minimum Gasteiger partial charge on any atom is -0.329 e. The Morgan fingerprint density at radius 2 is 1.59 bits per heavy atom. The van der Waals surface area contributed by atoms with E-state index < -0.39 is 0 Å². The number of rotatable bonds is 6. The molecule has 0 unspecified atom stereocenters. The lowest BCUT2D eigenvalue weighted by Gasteiger charge is -2.42. The number of hydrogen-bond acceptors (Lipinski definition) is 2. The highest BCUT2D eigenvalue weighted by Gasteiger charge is 2.34. The van der Waals surface area contributed by atoms with Crippen LogP contribution in [0.5, 0.6) is 0 Å². The van der Waals surface area contributed by atoms with Crippen LogP contribution < -0.4 is 5.73 Å². The van der Waals surface area contributed by atoms with Gasteiger partial charge in [0.05, 0.1) is 0 Å². The highest BCUT2D eigenvalue weighted by Crippen LogP contribution is 2.32. The van der Waals surface area contributed by atoms with E-state index in [1.807, 2.05) is 0 Å². The van der Waals surface area contributed by atoms with E-state index in [0.717, 1.165) is 12.5 Å². The molecule has 1 fully saturated rings. The van der Waals surface area contributed by atoms with Gasteiger partial charge in [-0.3, -0.25) is 4.90 Å². The van der Waals surface area contributed by atoms with Gasteiger partial charge in [-0.1, -0.05) is 52.4 Å². The molecule has 0 radical (unpaired) electrons. The molecule has 0 aromatic carbocycles. The van der Waals surface area contributed by atoms with E-state index >= 15 is 0 Å². The SMILES string of the molecule is CCC(CC)CN(C)C1(CN)CCCCCC1. The van der Waals surface area contributed by atoms with Gasteiger partial charge >= 0.3 is 0 Å². The van der Waals surface area contributed by atoms with Gasteiger partial charge < -0.3 is 5.73 Å². The third-order valence-corrected chi connectivity index (χ3v) is 4.91. The molecule has 0 aromatic rings. The first-order valence-electron chi connectivity index (χ1n) is 7.59. The van der Waals surface area contributed by atoms with Crippen LogP contribution in [0.2, 0.25) is 0 Å². The number of likely N-dealkylation sites (N-methyl/N-ethyl adjacent to an activating group) is 1. The predicted octanol–water partition coefficient (Wildman–Crippen LogP) is 3.41. The first-order chi connectivity index (χ1) is 8.18. The summed E-state index contributed by atoms with van der Waals surface area (Å²) in [5, 5.41) is 0. The van der Waals surface area contributed by atoms with Gasteiger partial charge in [-0.15, -0.1) is 0 Å². The molecule has 102 valence electrons. The van der Waals surface area contributed by atoms with Crippen molar-refractivity contribution >= 4 is 0 Å². The maximum Gasteiger partial charge on any atom is 0.0328 e. The molecule has 1 rings (SSSR count). The second-order valence-corrected chi connectivity index (χ2v) is 5.91. The van der Waals surface area contributed by atoms with Crippen LogP contribution in [0.4, 0.5) is 0 Å². The van der Waals surface area contributed by atoms with Crippen molar-refractivity contribution in [2.45, 2.75) is 70.8 Å². The average Bonchev–Trinajstić information content (AvgIpc) is 2.61. The zero-order valence-electron chi connectivity index (χ0n) is 12.2. The summed E-state index contributed by atoms with van der Waals surface area (Å²) in [6, 6.07) is 0. The summed E-state index contributed by atoms with van der Waals surface area (Å²) in [4.78, 5) is 2.59. The zero-order chi connectivity index (χ0) is 12.7. The van der Waals surface area contributed by atoms with E-state index in [1.54, 1.807) is 0 Å². The summed E-state index contributed by atoms with van der Waals surface area (Å²) in [7, 11) is 2.30. The van der Waals surface area contributed by atoms with Crippen molar-refractivity contribution in [2.24, 2.45) is 11.7 Å². The molecule has 2 N–H and O–H groups in total. The summed E-state index contributed by atoms with van der Waals surface area (Å²) in [6.07, 6.45) is 10.7. The molecule has 2 heteroatoms. The molecule has 1 aliphatic carbocycles. The van der Waals surface area contributed by atoms with E-state index in [-0.39, 0.29) is 0 Å². The van der Waals surface area contributed by atoms with E-state index in [2.05, 4.69) is 25.8 Å². The van der Waals surface area contributed by atoms with Gasteiger partial charge in [-0.2, -0.15) is 0 Å². The summed E-state index contributed by atoms with van der Waals surface area (Å²) in [5.41, 5.74) is 6.43. The van der Waals surface area contributed by atoms with Crippen molar-refractivity contribution in [3.8, 4) is 0 Å². The van der Waals surface area contributed by atoms with Crippen LogP contribution in [0.3, 0.4) is 0 Å². The van der Waals surface area contributed by atoms with Crippen molar-refractivity contribution < 1.29 is 0 Å². The molecule has 0 aliphatic heterocycles. The van der Waals surface area contributed by atoms with Gasteiger partial charge in [0.2, 0.25) is 0 Å². The van der Waals surface area contributed by atoms with Gasteiger partial charge in [0, 0.05) is 18.6 Å². The maximum absolute atomic E-state index is 6.13. The van der Waals surface area contributed by atoms with E-state index in [9.17, 15) is 0 Å². The lowest BCUT2D eigenvalue weighted by molar-refractivity contribution is 0.0873. The van der Waals surface area contributed by atoms with E-state index in [4.69, 9.17) is 5.73 Å². The monoisotopic (exact) mass is 240 g/mol. The van der Waals surface area contributed by atoms with Crippen molar-refractivity contribution in [3.05, 3.63) is 0 Å². The normalized spacial score (nSPS) is 20.8. The Morgan fingerprint density at radius 1 is 1.06 bits per heavy atom. The van der Waals surface area contributed by atoms with E-state index in [1.165, 1.54) is 57.9 Å². The van der Waals surface area contributed by atoms with Gasteiger partial charge in [0.1, 0.15) is 0 Å². The second kappa shape index (κ2) is 7.38. The molecule has 1 aliphatic rings. The van der Waals surface area contributed by atoms with Crippen LogP contribution in [0, 0.1) is 5.92 Å². The molecular weight excluding hydrogens is 208 g/mol. The molecular formula is C15H32N2. The van der Waals surface area contributed by atoms with Crippen LogP contribution in [-0.4, -0.2) is 30.6 Å². The Morgan fingerprint density at radius 3 is 2.00 bits per heavy atom. The standard InChI is InChI=1S/C15H32N2/c1-4-14(5-2)12-17(3)15(13-16)10-8-6-7-9-11-15/h14H,4-13,16H2,1-3H3. The largest absolute Gasteiger partial charge is 0.329 e. The van der Waals surface area contributed by atoms with E-state index in [0.29, 0.717) is 5.54 Å². The summed E-state index contributed by atoms with van der Waals surface area (Å²) in [5.74, 6) is 0.840. The Bertz CT molecular complexity index is 191. The van der Waals surface area contributed by atoms with Crippen molar-refractivity contribution in [3.63, 3.8) is 0 Å². The number of nitrogens with zero attached hydrogens (tertiary/aromatic N) is 1. The summed E-state index contributed by atoms with van der Waals surface area (Å²) in [6.45, 7) is 6.68. The molecule has 1 saturated carbocycles. The molecule has 0 bridgehead atoms. The molecule has 0 aromatic heterocycles. The van der Waals surface area contributed by atoms with Crippen molar-refractivity contribution in [1.29, 1.82) is 0 Å². The topological polar surface area (TPSA) is 29.3 Å². The zero-order valence-corrected chi connectivity index (χ0v) is 12.2. The molecule has 0 saturated heterocycles. The summed E-state index contributed by atoms with van der Waals surface area (Å²) >= 11 is 0. The minimum absolute atomic E-state index is 0.305. The molecule has 17 heavy (non-hydrogen) atoms. The molecule has 0 spiro atoms. The third kappa shape index (κ3) is 3.96. The number of hydrogen-bond donors (Lipinski definition) is 1. The Kier molecular flexibility index (Phi) is 6.50. The molecule has 2 nitrogen and oxygen atoms in total. The van der Waals surface area contributed by atoms with Crippen LogP contribution >= 0.6 is 0 Å². The Hall–Kier alpha value is -0.0800. The fraction of sp³-hybridized carbons (Fsp3) is 1.00. The molecule has 0 heterocycles. The third-order valence-electron chi connectivity index (χ3n) is 4.91. The van der Waals surface area contributed by atoms with Gasteiger partial charge in [-0.05, 0) is 25.8 Å². The first kappa shape index (κ1) is 15.0. The van der Waals surface area contributed by atoms with Gasteiger partial charge in [-0.25, -0.2) is 0 Å². The van der Waals surface area contributed by atoms with Crippen LogP contribution in [0.1, 0.15) is 65.2 Å². The smallest absolute Gasteiger partial charge is 0.0328 e. The highest BCUT2D eigenvalue weighted by atomic mass is 15.2. The lowest BCUT2D eigenvalue weighted by Crippen LogP contribution is -2.53. The van der Waals surface area contributed by atoms with Crippen LogP contribution in [0.15, 0.2) is 0 Å². The fourth-order valence-corrected chi connectivity index (χ4v) is 3.26. The fourth-order valence-electron chi connectivity index (χ4n) is 3.26. The Balaban J connectivity index is 2.63.